The van der Waals surface area contributed by atoms with Gasteiger partial charge in [0.2, 0.25) is 11.8 Å². The van der Waals surface area contributed by atoms with E-state index in [1.807, 2.05) is 0 Å². The summed E-state index contributed by atoms with van der Waals surface area (Å²) < 4.78 is 133. The Labute approximate surface area is 354 Å². The summed E-state index contributed by atoms with van der Waals surface area (Å²) in [6.07, 6.45) is 16.3. The van der Waals surface area contributed by atoms with Crippen LogP contribution in [0.25, 0.3) is 0 Å². The minimum absolute atomic E-state index is 0.0134. The molecule has 9 atom stereocenters. The van der Waals surface area contributed by atoms with Crippen LogP contribution in [0.5, 0.6) is 0 Å². The Morgan fingerprint density at radius 2 is 1.07 bits per heavy atom. The first-order valence-corrected chi connectivity index (χ1v) is 23.6. The third kappa shape index (κ3) is 7.30. The number of carbonyl (C=O) groups is 2. The number of halogens is 6. The minimum atomic E-state index is -5.71. The first-order chi connectivity index (χ1) is 28.0. The van der Waals surface area contributed by atoms with Crippen molar-refractivity contribution in [2.24, 2.45) is 51.2 Å². The maximum Gasteiger partial charge on any atom is 0.534 e. The van der Waals surface area contributed by atoms with Gasteiger partial charge < -0.3 is 18.2 Å². The van der Waals surface area contributed by atoms with Gasteiger partial charge in [-0.15, -0.1) is 0 Å². The summed E-state index contributed by atoms with van der Waals surface area (Å²) in [6, 6.07) is 0. The molecule has 0 radical (unpaired) electrons. The molecule has 2 amide bonds. The molecule has 8 rings (SSSR count). The van der Waals surface area contributed by atoms with Gasteiger partial charge in [0.05, 0.1) is 0 Å². The second-order valence-corrected chi connectivity index (χ2v) is 22.3. The van der Waals surface area contributed by atoms with E-state index in [9.17, 15) is 52.8 Å². The Kier molecular flexibility index (Phi) is 11.0. The molecule has 0 N–H and O–H groups in total. The van der Waals surface area contributed by atoms with Crippen molar-refractivity contribution in [1.82, 2.24) is 9.80 Å². The predicted molar refractivity (Wildman–Crippen MR) is 213 cm³/mol. The largest absolute Gasteiger partial charge is 0.534 e. The van der Waals surface area contributed by atoms with Crippen LogP contribution < -0.4 is 0 Å². The van der Waals surface area contributed by atoms with E-state index in [0.29, 0.717) is 25.9 Å². The molecule has 4 saturated carbocycles. The molecule has 8 aliphatic rings. The Bertz CT molecular complexity index is 2310. The summed E-state index contributed by atoms with van der Waals surface area (Å²) in [5.74, 6) is 0.596. The highest BCUT2D eigenvalue weighted by atomic mass is 32.2. The molecule has 0 saturated heterocycles. The van der Waals surface area contributed by atoms with Gasteiger partial charge in [0.15, 0.2) is 0 Å². The van der Waals surface area contributed by atoms with Crippen LogP contribution in [-0.2, 0) is 38.2 Å². The van der Waals surface area contributed by atoms with Crippen LogP contribution in [0.15, 0.2) is 70.3 Å². The van der Waals surface area contributed by atoms with E-state index in [4.69, 9.17) is 0 Å². The van der Waals surface area contributed by atoms with E-state index in [2.05, 4.69) is 29.1 Å². The molecule has 2 aliphatic heterocycles. The number of alkyl halides is 6. The van der Waals surface area contributed by atoms with Crippen molar-refractivity contribution < 1.29 is 61.1 Å². The number of allylic oxidation sites excluding steroid dienone is 8. The van der Waals surface area contributed by atoms with Crippen LogP contribution in [-0.4, -0.2) is 76.7 Å². The van der Waals surface area contributed by atoms with Gasteiger partial charge in [0, 0.05) is 50.2 Å². The van der Waals surface area contributed by atoms with Crippen molar-refractivity contribution in [1.29, 1.82) is 0 Å². The fraction of sp³-hybridized carbons (Fsp3) is 0.674. The lowest BCUT2D eigenvalue weighted by Crippen LogP contribution is -2.48. The third-order valence-corrected chi connectivity index (χ3v) is 17.9. The summed E-state index contributed by atoms with van der Waals surface area (Å²) >= 11 is 0. The third-order valence-electron chi connectivity index (χ3n) is 16.0. The lowest BCUT2D eigenvalue weighted by atomic mass is 9.48. The highest BCUT2D eigenvalue weighted by Gasteiger charge is 2.60. The van der Waals surface area contributed by atoms with E-state index in [1.54, 1.807) is 62.0 Å². The molecule has 0 aromatic rings. The number of likely N-dealkylation sites (N-methyl/N-ethyl adjacent to an activating group) is 2. The number of rotatable bonds is 4. The van der Waals surface area contributed by atoms with Crippen molar-refractivity contribution in [2.75, 3.05) is 27.2 Å². The van der Waals surface area contributed by atoms with Gasteiger partial charge in [0.25, 0.3) is 0 Å². The summed E-state index contributed by atoms with van der Waals surface area (Å²) in [4.78, 5) is 28.3. The van der Waals surface area contributed by atoms with E-state index in [0.717, 1.165) is 67.2 Å². The summed E-state index contributed by atoms with van der Waals surface area (Å²) in [5, 5.41) is 0. The highest BCUT2D eigenvalue weighted by Crippen LogP contribution is 2.66. The molecule has 6 aliphatic carbocycles. The average molecular weight is 905 g/mol. The molecule has 0 spiro atoms. The summed E-state index contributed by atoms with van der Waals surface area (Å²) in [6.45, 7) is 11.4. The molecule has 0 bridgehead atoms. The molecule has 10 nitrogen and oxygen atoms in total. The minimum Gasteiger partial charge on any atom is -0.380 e. The van der Waals surface area contributed by atoms with Crippen molar-refractivity contribution in [3.63, 3.8) is 0 Å². The zero-order chi connectivity index (χ0) is 45.1. The van der Waals surface area contributed by atoms with E-state index in [1.165, 1.54) is 12.2 Å². The maximum absolute atomic E-state index is 12.9. The normalized spacial score (nSPS) is 37.5. The van der Waals surface area contributed by atoms with E-state index >= 15 is 0 Å². The van der Waals surface area contributed by atoms with Crippen LogP contribution in [0.2, 0.25) is 0 Å². The number of amides is 2. The molecule has 338 valence electrons. The number of hydrogen-bond acceptors (Lipinski definition) is 8. The number of carbonyl (C=O) groups excluding carboxylic acids is 2. The molecular formula is C43H54F6N2O8S2. The second-order valence-electron chi connectivity index (χ2n) is 19.2. The average Bonchev–Trinajstić information content (AvgIpc) is 3.58. The van der Waals surface area contributed by atoms with Gasteiger partial charge in [-0.3, -0.25) is 9.59 Å². The van der Waals surface area contributed by atoms with Crippen LogP contribution >= 0.6 is 0 Å². The van der Waals surface area contributed by atoms with Crippen LogP contribution in [0.1, 0.15) is 92.4 Å². The fourth-order valence-electron chi connectivity index (χ4n) is 12.3. The second kappa shape index (κ2) is 14.8. The SMILES string of the molecule is CC1C[C@H]2C3=CC=C(OS(=O)(=O)C(F)(F)F)[C@@]3(C)CC[C@@H]2[C@@]2(C)CCN(C)C(=O)C=C12.CN1CC[C@@]2(C)C(=CC1=O)CC[C@H]1C3=CC=C(OS(=O)(=O)C(F)(F)F)[C@@]3(C)CC[C@@H]12. The molecule has 2 heterocycles. The van der Waals surface area contributed by atoms with Gasteiger partial charge >= 0.3 is 31.3 Å². The lowest BCUT2D eigenvalue weighted by Gasteiger charge is -2.56. The number of fused-ring (bicyclic) bond motifs is 10. The van der Waals surface area contributed by atoms with Gasteiger partial charge in [-0.05, 0) is 124 Å². The smallest absolute Gasteiger partial charge is 0.380 e. The molecule has 4 fully saturated rings. The Balaban J connectivity index is 0.000000184. The first-order valence-electron chi connectivity index (χ1n) is 20.8. The molecule has 61 heavy (non-hydrogen) atoms. The molecule has 18 heteroatoms. The Hall–Kier alpha value is -3.54. The summed E-state index contributed by atoms with van der Waals surface area (Å²) in [5.41, 5.74) is -8.76. The molecular weight excluding hydrogens is 851 g/mol. The van der Waals surface area contributed by atoms with Crippen molar-refractivity contribution >= 4 is 32.1 Å². The van der Waals surface area contributed by atoms with Gasteiger partial charge in [-0.1, -0.05) is 55.2 Å². The van der Waals surface area contributed by atoms with Crippen molar-refractivity contribution in [2.45, 2.75) is 103 Å². The van der Waals surface area contributed by atoms with E-state index < -0.39 is 42.1 Å². The number of hydrogen-bond donors (Lipinski definition) is 0. The van der Waals surface area contributed by atoms with Crippen molar-refractivity contribution in [3.05, 3.63) is 70.3 Å². The zero-order valence-corrected chi connectivity index (χ0v) is 37.0. The summed E-state index contributed by atoms with van der Waals surface area (Å²) in [7, 11) is -7.82. The van der Waals surface area contributed by atoms with Gasteiger partial charge in [-0.2, -0.15) is 43.2 Å². The highest BCUT2D eigenvalue weighted by molar-refractivity contribution is 7.88. The zero-order valence-electron chi connectivity index (χ0n) is 35.4. The van der Waals surface area contributed by atoms with Crippen LogP contribution in [0, 0.1) is 51.2 Å². The van der Waals surface area contributed by atoms with E-state index in [-0.39, 0.29) is 63.8 Å². The standard InChI is InChI=1S/C22H28F3NO4S.C21H26F3NO4S/c1-13-11-14-15-5-6-18(30-31(28,29)22(23,24)25)21(15,3)8-7-16(14)20(2)9-10-26(4)19(27)12-17(13)20;1-19-10-11-25(3)18(26)12-13(19)4-5-14-15-6-7-17(20(15,2)9-8-16(14)19)29-30(27,28)21(22,23)24/h5-6,12-14,16H,7-11H2,1-4H3;6-7,12,14,16H,4-5,8-11H2,1-3H3/t13?,14-,16-,20+,21-;14-,16-,19-,20-/m00/s1. The fourth-order valence-corrected chi connectivity index (χ4v) is 13.4. The van der Waals surface area contributed by atoms with Crippen molar-refractivity contribution in [3.8, 4) is 0 Å². The van der Waals surface area contributed by atoms with Gasteiger partial charge in [0.1, 0.15) is 11.5 Å². The molecule has 0 aromatic heterocycles. The number of nitrogens with zero attached hydrogens (tertiary/aromatic N) is 2. The van der Waals surface area contributed by atoms with Gasteiger partial charge in [-0.25, -0.2) is 0 Å². The Morgan fingerprint density at radius 3 is 1.56 bits per heavy atom. The molecule has 1 unspecified atom stereocenters. The monoisotopic (exact) mass is 904 g/mol. The van der Waals surface area contributed by atoms with Crippen LogP contribution in [0.4, 0.5) is 26.3 Å². The topological polar surface area (TPSA) is 127 Å². The van der Waals surface area contributed by atoms with Crippen LogP contribution in [0.3, 0.4) is 0 Å². The first kappa shape index (κ1) is 45.5. The lowest BCUT2D eigenvalue weighted by molar-refractivity contribution is -0.125. The maximum atomic E-state index is 12.9. The molecule has 0 aromatic carbocycles. The predicted octanol–water partition coefficient (Wildman–Crippen LogP) is 8.84. The quantitative estimate of drug-likeness (QED) is 0.156. The Morgan fingerprint density at radius 1 is 0.623 bits per heavy atom.